The molecule has 18 heavy (non-hydrogen) atoms. The topological polar surface area (TPSA) is 72.2 Å². The molecule has 1 aromatic rings. The van der Waals surface area contributed by atoms with E-state index >= 15 is 0 Å². The number of rotatable bonds is 5. The minimum absolute atomic E-state index is 0.0896. The Balaban J connectivity index is 2.82. The van der Waals surface area contributed by atoms with Crippen molar-refractivity contribution in [2.45, 2.75) is 11.3 Å². The molecule has 4 nitrogen and oxygen atoms in total. The second kappa shape index (κ2) is 6.87. The Hall–Kier alpha value is -0.910. The molecule has 0 radical (unpaired) electrons. The second-order valence-corrected chi connectivity index (χ2v) is 5.10. The molecule has 0 saturated carbocycles. The van der Waals surface area contributed by atoms with Gasteiger partial charge >= 0.3 is 0 Å². The van der Waals surface area contributed by atoms with Crippen LogP contribution in [-0.4, -0.2) is 24.6 Å². The number of nitrogens with two attached hydrogens (primary N) is 1. The van der Waals surface area contributed by atoms with Gasteiger partial charge in [0, 0.05) is 17.9 Å². The molecule has 0 atom stereocenters. The van der Waals surface area contributed by atoms with Gasteiger partial charge in [0.25, 0.3) is 5.91 Å². The molecule has 2 amide bonds. The summed E-state index contributed by atoms with van der Waals surface area (Å²) in [5.41, 5.74) is 5.30. The zero-order valence-electron chi connectivity index (χ0n) is 9.63. The van der Waals surface area contributed by atoms with Gasteiger partial charge in [-0.25, -0.2) is 0 Å². The van der Waals surface area contributed by atoms with E-state index in [0.29, 0.717) is 10.6 Å². The molecule has 3 N–H and O–H groups in total. The lowest BCUT2D eigenvalue weighted by Gasteiger charge is -2.08. The summed E-state index contributed by atoms with van der Waals surface area (Å²) in [5.74, 6) is -0.824. The van der Waals surface area contributed by atoms with Crippen LogP contribution >= 0.6 is 35.0 Å². The van der Waals surface area contributed by atoms with Gasteiger partial charge in [0.1, 0.15) is 0 Å². The zero-order chi connectivity index (χ0) is 13.7. The number of hydrogen-bond donors (Lipinski definition) is 2. The molecule has 98 valence electrons. The van der Waals surface area contributed by atoms with E-state index in [2.05, 4.69) is 5.32 Å². The van der Waals surface area contributed by atoms with E-state index in [0.717, 1.165) is 4.90 Å². The monoisotopic (exact) mass is 306 g/mol. The predicted octanol–water partition coefficient (Wildman–Crippen LogP) is 2.32. The quantitative estimate of drug-likeness (QED) is 0.820. The standard InChI is InChI=1S/C11H12Cl2N2O2S/c1-18-9-4-6(7(12)5-8(9)13)11(17)15-3-2-10(14)16/h4-5H,2-3H2,1H3,(H2,14,16)(H,15,17). The molecule has 0 fully saturated rings. The Morgan fingerprint density at radius 1 is 1.33 bits per heavy atom. The van der Waals surface area contributed by atoms with Crippen LogP contribution in [0.1, 0.15) is 16.8 Å². The molecule has 1 rings (SSSR count). The summed E-state index contributed by atoms with van der Waals surface area (Å²) in [6, 6.07) is 3.15. The predicted molar refractivity (Wildman–Crippen MR) is 74.4 cm³/mol. The van der Waals surface area contributed by atoms with E-state index in [9.17, 15) is 9.59 Å². The third-order valence-electron chi connectivity index (χ3n) is 2.14. The third-order valence-corrected chi connectivity index (χ3v) is 3.66. The average molecular weight is 307 g/mol. The van der Waals surface area contributed by atoms with Crippen molar-refractivity contribution in [2.75, 3.05) is 12.8 Å². The summed E-state index contributed by atoms with van der Waals surface area (Å²) < 4.78 is 0. The second-order valence-electron chi connectivity index (χ2n) is 3.44. The van der Waals surface area contributed by atoms with Gasteiger partial charge in [-0.2, -0.15) is 0 Å². The van der Waals surface area contributed by atoms with Gasteiger partial charge in [-0.3, -0.25) is 9.59 Å². The average Bonchev–Trinajstić information content (AvgIpc) is 2.28. The molecule has 7 heteroatoms. The molecular weight excluding hydrogens is 295 g/mol. The number of amides is 2. The number of benzene rings is 1. The van der Waals surface area contributed by atoms with Crippen LogP contribution < -0.4 is 11.1 Å². The summed E-state index contributed by atoms with van der Waals surface area (Å²) >= 11 is 13.3. The lowest BCUT2D eigenvalue weighted by molar-refractivity contribution is -0.117. The van der Waals surface area contributed by atoms with Crippen molar-refractivity contribution in [3.63, 3.8) is 0 Å². The molecule has 0 saturated heterocycles. The summed E-state index contributed by atoms with van der Waals surface area (Å²) in [7, 11) is 0. The van der Waals surface area contributed by atoms with Crippen LogP contribution in [0.25, 0.3) is 0 Å². The van der Waals surface area contributed by atoms with Crippen molar-refractivity contribution in [1.29, 1.82) is 0 Å². The first-order valence-corrected chi connectivity index (χ1v) is 7.03. The largest absolute Gasteiger partial charge is 0.370 e. The first-order valence-electron chi connectivity index (χ1n) is 5.05. The van der Waals surface area contributed by atoms with Crippen molar-refractivity contribution >= 4 is 46.8 Å². The Kier molecular flexibility index (Phi) is 5.78. The Labute approximate surface area is 119 Å². The van der Waals surface area contributed by atoms with Crippen LogP contribution in [0.4, 0.5) is 0 Å². The minimum Gasteiger partial charge on any atom is -0.370 e. The highest BCUT2D eigenvalue weighted by Crippen LogP contribution is 2.31. The van der Waals surface area contributed by atoms with Crippen molar-refractivity contribution in [1.82, 2.24) is 5.32 Å². The van der Waals surface area contributed by atoms with Gasteiger partial charge in [-0.05, 0) is 18.4 Å². The van der Waals surface area contributed by atoms with Gasteiger partial charge in [0.15, 0.2) is 0 Å². The van der Waals surface area contributed by atoms with Gasteiger partial charge in [0.2, 0.25) is 5.91 Å². The smallest absolute Gasteiger partial charge is 0.252 e. The van der Waals surface area contributed by atoms with Gasteiger partial charge in [-0.1, -0.05) is 23.2 Å². The summed E-state index contributed by atoms with van der Waals surface area (Å²) in [6.45, 7) is 0.182. The summed E-state index contributed by atoms with van der Waals surface area (Å²) in [6.07, 6.45) is 1.94. The highest BCUT2D eigenvalue weighted by Gasteiger charge is 2.13. The maximum Gasteiger partial charge on any atom is 0.252 e. The number of primary amides is 1. The van der Waals surface area contributed by atoms with Crippen LogP contribution in [-0.2, 0) is 4.79 Å². The highest BCUT2D eigenvalue weighted by molar-refractivity contribution is 7.98. The first-order chi connectivity index (χ1) is 8.45. The summed E-state index contributed by atoms with van der Waals surface area (Å²) in [4.78, 5) is 23.1. The maximum atomic E-state index is 11.8. The number of carbonyl (C=O) groups excluding carboxylic acids is 2. The molecule has 0 aromatic heterocycles. The zero-order valence-corrected chi connectivity index (χ0v) is 12.0. The maximum absolute atomic E-state index is 11.8. The van der Waals surface area contributed by atoms with Gasteiger partial charge in [-0.15, -0.1) is 11.8 Å². The Bertz CT molecular complexity index is 480. The fraction of sp³-hybridized carbons (Fsp3) is 0.273. The van der Waals surface area contributed by atoms with Crippen LogP contribution in [0.15, 0.2) is 17.0 Å². The molecule has 0 aliphatic rings. The molecular formula is C11H12Cl2N2O2S. The highest BCUT2D eigenvalue weighted by atomic mass is 35.5. The SMILES string of the molecule is CSc1cc(C(=O)NCCC(N)=O)c(Cl)cc1Cl. The van der Waals surface area contributed by atoms with Crippen molar-refractivity contribution in [2.24, 2.45) is 5.73 Å². The minimum atomic E-state index is -0.470. The van der Waals surface area contributed by atoms with Crippen molar-refractivity contribution < 1.29 is 9.59 Å². The third kappa shape index (κ3) is 4.08. The van der Waals surface area contributed by atoms with Crippen molar-refractivity contribution in [3.8, 4) is 0 Å². The number of carbonyl (C=O) groups is 2. The normalized spacial score (nSPS) is 10.2. The molecule has 0 bridgehead atoms. The van der Waals surface area contributed by atoms with Crippen LogP contribution in [0.5, 0.6) is 0 Å². The molecule has 1 aromatic carbocycles. The molecule has 0 spiro atoms. The number of halogens is 2. The van der Waals surface area contributed by atoms with Crippen LogP contribution in [0.2, 0.25) is 10.0 Å². The number of nitrogens with one attached hydrogen (secondary N) is 1. The van der Waals surface area contributed by atoms with E-state index in [-0.39, 0.29) is 23.9 Å². The van der Waals surface area contributed by atoms with Gasteiger partial charge in [0.05, 0.1) is 15.6 Å². The van der Waals surface area contributed by atoms with Crippen LogP contribution in [0.3, 0.4) is 0 Å². The van der Waals surface area contributed by atoms with E-state index in [1.807, 2.05) is 6.26 Å². The fourth-order valence-electron chi connectivity index (χ4n) is 1.25. The lowest BCUT2D eigenvalue weighted by atomic mass is 10.2. The Morgan fingerprint density at radius 2 is 2.00 bits per heavy atom. The molecule has 0 aliphatic carbocycles. The van der Waals surface area contributed by atoms with Crippen LogP contribution in [0, 0.1) is 0 Å². The van der Waals surface area contributed by atoms with E-state index in [1.165, 1.54) is 17.8 Å². The number of thioether (sulfide) groups is 1. The molecule has 0 aliphatic heterocycles. The molecule has 0 unspecified atom stereocenters. The lowest BCUT2D eigenvalue weighted by Crippen LogP contribution is -2.28. The van der Waals surface area contributed by atoms with Crippen molar-refractivity contribution in [3.05, 3.63) is 27.7 Å². The van der Waals surface area contributed by atoms with Gasteiger partial charge < -0.3 is 11.1 Å². The van der Waals surface area contributed by atoms with E-state index in [4.69, 9.17) is 28.9 Å². The Morgan fingerprint density at radius 3 is 2.56 bits per heavy atom. The summed E-state index contributed by atoms with van der Waals surface area (Å²) in [5, 5.41) is 3.34. The molecule has 0 heterocycles. The number of hydrogen-bond acceptors (Lipinski definition) is 3. The van der Waals surface area contributed by atoms with E-state index < -0.39 is 5.91 Å². The van der Waals surface area contributed by atoms with E-state index in [1.54, 1.807) is 6.07 Å². The fourth-order valence-corrected chi connectivity index (χ4v) is 2.44. The first kappa shape index (κ1) is 15.1.